The van der Waals surface area contributed by atoms with Crippen LogP contribution in [0.2, 0.25) is 0 Å². The third-order valence-electron chi connectivity index (χ3n) is 2.93. The smallest absolute Gasteiger partial charge is 0.274 e. The first-order valence-corrected chi connectivity index (χ1v) is 5.28. The van der Waals surface area contributed by atoms with E-state index >= 15 is 0 Å². The van der Waals surface area contributed by atoms with Crippen LogP contribution in [0.25, 0.3) is 11.3 Å². The van der Waals surface area contributed by atoms with Crippen LogP contribution in [0.1, 0.15) is 15.9 Å². The lowest BCUT2D eigenvalue weighted by atomic mass is 10.00. The highest BCUT2D eigenvalue weighted by Gasteiger charge is 2.16. The number of amides is 1. The Morgan fingerprint density at radius 1 is 1.41 bits per heavy atom. The summed E-state index contributed by atoms with van der Waals surface area (Å²) in [5.41, 5.74) is 8.51. The molecule has 0 bridgehead atoms. The van der Waals surface area contributed by atoms with Gasteiger partial charge in [-0.3, -0.25) is 14.7 Å². The van der Waals surface area contributed by atoms with E-state index in [2.05, 4.69) is 5.43 Å². The number of benzene rings is 1. The van der Waals surface area contributed by atoms with Crippen LogP contribution in [0.15, 0.2) is 36.5 Å². The number of nitrogens with zero attached hydrogens (tertiary/aromatic N) is 1. The molecule has 0 atom stereocenters. The predicted octanol–water partition coefficient (Wildman–Crippen LogP) is 1.33. The van der Waals surface area contributed by atoms with Crippen LogP contribution in [0, 0.1) is 0 Å². The molecule has 5 heteroatoms. The molecule has 17 heavy (non-hydrogen) atoms. The highest BCUT2D eigenvalue weighted by Crippen LogP contribution is 2.28. The lowest BCUT2D eigenvalue weighted by Crippen LogP contribution is -2.22. The average molecular weight is 229 g/mol. The van der Waals surface area contributed by atoms with Crippen molar-refractivity contribution >= 4 is 5.91 Å². The van der Waals surface area contributed by atoms with Gasteiger partial charge in [-0.25, -0.2) is 5.48 Å². The fourth-order valence-electron chi connectivity index (χ4n) is 2.10. The van der Waals surface area contributed by atoms with E-state index in [-0.39, 0.29) is 0 Å². The van der Waals surface area contributed by atoms with Crippen LogP contribution in [0.5, 0.6) is 0 Å². The highest BCUT2D eigenvalue weighted by atomic mass is 16.5. The first-order valence-electron chi connectivity index (χ1n) is 5.28. The first-order chi connectivity index (χ1) is 8.29. The Morgan fingerprint density at radius 3 is 3.12 bits per heavy atom. The van der Waals surface area contributed by atoms with E-state index in [0.717, 1.165) is 16.8 Å². The van der Waals surface area contributed by atoms with E-state index in [1.807, 2.05) is 29.1 Å². The highest BCUT2D eigenvalue weighted by molar-refractivity contribution is 5.94. The number of nitrogens with one attached hydrogen (secondary N) is 2. The molecule has 1 amide bonds. The second-order valence-corrected chi connectivity index (χ2v) is 3.91. The van der Waals surface area contributed by atoms with Crippen molar-refractivity contribution in [1.82, 2.24) is 10.2 Å². The van der Waals surface area contributed by atoms with Gasteiger partial charge in [0, 0.05) is 17.3 Å². The third-order valence-corrected chi connectivity index (χ3v) is 2.93. The van der Waals surface area contributed by atoms with Gasteiger partial charge in [-0.2, -0.15) is 0 Å². The summed E-state index contributed by atoms with van der Waals surface area (Å²) in [5, 5.41) is 8.60. The predicted molar refractivity (Wildman–Crippen MR) is 62.2 cm³/mol. The topological polar surface area (TPSA) is 66.3 Å². The summed E-state index contributed by atoms with van der Waals surface area (Å²) in [7, 11) is 0. The molecule has 1 aliphatic rings. The molecule has 1 aromatic carbocycles. The quantitative estimate of drug-likeness (QED) is 0.510. The first kappa shape index (κ1) is 9.92. The molecule has 0 aliphatic carbocycles. The lowest BCUT2D eigenvalue weighted by Gasteiger charge is -2.21. The normalized spacial score (nSPS) is 12.3. The number of hydrogen-bond acceptors (Lipinski definition) is 3. The fourth-order valence-corrected chi connectivity index (χ4v) is 2.10. The molecule has 1 aromatic heterocycles. The number of carbonyl (C=O) groups is 1. The molecule has 2 heterocycles. The average Bonchev–Trinajstić information content (AvgIpc) is 2.85. The van der Waals surface area contributed by atoms with E-state index in [1.165, 1.54) is 0 Å². The molecule has 0 fully saturated rings. The summed E-state index contributed by atoms with van der Waals surface area (Å²) < 4.78 is 1.95. The number of fused-ring (bicyclic) bond motifs is 3. The Hall–Kier alpha value is -2.27. The van der Waals surface area contributed by atoms with Gasteiger partial charge in [-0.05, 0) is 29.8 Å². The molecule has 0 saturated carbocycles. The fraction of sp³-hybridized carbons (Fsp3) is 0.0833. The monoisotopic (exact) mass is 229 g/mol. The number of rotatable bonds is 1. The Labute approximate surface area is 97.6 Å². The third kappa shape index (κ3) is 1.48. The van der Waals surface area contributed by atoms with Gasteiger partial charge < -0.3 is 5.43 Å². The van der Waals surface area contributed by atoms with Gasteiger partial charge in [-0.1, -0.05) is 6.07 Å². The van der Waals surface area contributed by atoms with Crippen LogP contribution in [0.4, 0.5) is 0 Å². The standard InChI is InChI=1S/C12H11N3O2/c16-12(14-17)8-3-4-10-9(6-8)7-13-15-5-1-2-11(10)15/h1-6,13,17H,7H2,(H,14,16). The summed E-state index contributed by atoms with van der Waals surface area (Å²) in [6.07, 6.45) is 1.95. The number of carbonyl (C=O) groups excluding carboxylic acids is 1. The van der Waals surface area contributed by atoms with Crippen molar-refractivity contribution < 1.29 is 10.0 Å². The van der Waals surface area contributed by atoms with Crippen molar-refractivity contribution in [1.29, 1.82) is 0 Å². The lowest BCUT2D eigenvalue weighted by molar-refractivity contribution is 0.0706. The van der Waals surface area contributed by atoms with E-state index in [9.17, 15) is 4.79 Å². The van der Waals surface area contributed by atoms with Crippen molar-refractivity contribution in [2.45, 2.75) is 6.54 Å². The minimum Gasteiger partial charge on any atom is -0.321 e. The number of hydrogen-bond donors (Lipinski definition) is 3. The molecular formula is C12H11N3O2. The van der Waals surface area contributed by atoms with Crippen LogP contribution in [-0.4, -0.2) is 15.8 Å². The minimum absolute atomic E-state index is 0.452. The molecule has 2 aromatic rings. The summed E-state index contributed by atoms with van der Waals surface area (Å²) in [5.74, 6) is -0.492. The van der Waals surface area contributed by atoms with Crippen LogP contribution < -0.4 is 10.9 Å². The number of hydroxylamine groups is 1. The summed E-state index contributed by atoms with van der Waals surface area (Å²) >= 11 is 0. The molecule has 0 spiro atoms. The van der Waals surface area contributed by atoms with E-state index in [1.54, 1.807) is 17.6 Å². The van der Waals surface area contributed by atoms with Gasteiger partial charge in [-0.15, -0.1) is 0 Å². The van der Waals surface area contributed by atoms with Gasteiger partial charge in [0.2, 0.25) is 0 Å². The van der Waals surface area contributed by atoms with Crippen LogP contribution >= 0.6 is 0 Å². The Balaban J connectivity index is 2.10. The molecule has 86 valence electrons. The van der Waals surface area contributed by atoms with Crippen molar-refractivity contribution in [3.8, 4) is 11.3 Å². The second kappa shape index (κ2) is 3.64. The van der Waals surface area contributed by atoms with Crippen molar-refractivity contribution in [2.75, 3.05) is 5.43 Å². The van der Waals surface area contributed by atoms with Crippen LogP contribution in [0.3, 0.4) is 0 Å². The molecule has 1 aliphatic heterocycles. The van der Waals surface area contributed by atoms with Gasteiger partial charge >= 0.3 is 0 Å². The molecule has 0 radical (unpaired) electrons. The Kier molecular flexibility index (Phi) is 2.12. The Morgan fingerprint density at radius 2 is 2.29 bits per heavy atom. The summed E-state index contributed by atoms with van der Waals surface area (Å²) in [4.78, 5) is 11.3. The molecule has 5 nitrogen and oxygen atoms in total. The molecule has 3 rings (SSSR count). The van der Waals surface area contributed by atoms with E-state index < -0.39 is 5.91 Å². The zero-order valence-corrected chi connectivity index (χ0v) is 8.97. The maximum Gasteiger partial charge on any atom is 0.274 e. The zero-order chi connectivity index (χ0) is 11.8. The van der Waals surface area contributed by atoms with Gasteiger partial charge in [0.25, 0.3) is 5.91 Å². The largest absolute Gasteiger partial charge is 0.321 e. The zero-order valence-electron chi connectivity index (χ0n) is 8.97. The van der Waals surface area contributed by atoms with Crippen molar-refractivity contribution in [3.05, 3.63) is 47.7 Å². The van der Waals surface area contributed by atoms with Crippen molar-refractivity contribution in [3.63, 3.8) is 0 Å². The molecule has 0 saturated heterocycles. The van der Waals surface area contributed by atoms with E-state index in [4.69, 9.17) is 5.21 Å². The summed E-state index contributed by atoms with van der Waals surface area (Å²) in [6.45, 7) is 0.656. The van der Waals surface area contributed by atoms with Gasteiger partial charge in [0.15, 0.2) is 0 Å². The second-order valence-electron chi connectivity index (χ2n) is 3.91. The molecular weight excluding hydrogens is 218 g/mol. The van der Waals surface area contributed by atoms with Gasteiger partial charge in [0.05, 0.1) is 12.2 Å². The SMILES string of the molecule is O=C(NO)c1ccc2c(c1)CNn1cccc1-2. The van der Waals surface area contributed by atoms with Crippen molar-refractivity contribution in [2.24, 2.45) is 0 Å². The van der Waals surface area contributed by atoms with Gasteiger partial charge in [0.1, 0.15) is 0 Å². The molecule has 3 N–H and O–H groups in total. The summed E-state index contributed by atoms with van der Waals surface area (Å²) in [6, 6.07) is 9.35. The Bertz CT molecular complexity index is 589. The maximum atomic E-state index is 11.3. The van der Waals surface area contributed by atoms with E-state index in [0.29, 0.717) is 12.1 Å². The number of aromatic nitrogens is 1. The molecule has 0 unspecified atom stereocenters. The minimum atomic E-state index is -0.492. The van der Waals surface area contributed by atoms with Crippen LogP contribution in [-0.2, 0) is 6.54 Å². The maximum absolute atomic E-state index is 11.3.